The van der Waals surface area contributed by atoms with Gasteiger partial charge in [-0.05, 0) is 38.5 Å². The predicted octanol–water partition coefficient (Wildman–Crippen LogP) is 3.14. The summed E-state index contributed by atoms with van der Waals surface area (Å²) < 4.78 is 2.03. The standard InChI is InChI=1S/C19H34N4O.ClH/c1-13(2)12-23-15(4)17(14(3)22-23)10-19(24)21-18(11-20)16-8-6-5-7-9-16;/h13,16,18H,5-12,20H2,1-4H3,(H,21,24);1H. The first kappa shape index (κ1) is 22.0. The highest BCUT2D eigenvalue weighted by molar-refractivity contribution is 5.85. The van der Waals surface area contributed by atoms with E-state index in [2.05, 4.69) is 31.2 Å². The molecule has 1 aromatic rings. The van der Waals surface area contributed by atoms with Gasteiger partial charge in [0.1, 0.15) is 0 Å². The van der Waals surface area contributed by atoms with Crippen LogP contribution in [0.25, 0.3) is 0 Å². The number of nitrogens with two attached hydrogens (primary N) is 1. The number of nitrogens with zero attached hydrogens (tertiary/aromatic N) is 2. The van der Waals surface area contributed by atoms with E-state index in [1.807, 2.05) is 11.6 Å². The van der Waals surface area contributed by atoms with E-state index >= 15 is 0 Å². The molecule has 0 aliphatic heterocycles. The fraction of sp³-hybridized carbons (Fsp3) is 0.789. The minimum Gasteiger partial charge on any atom is -0.352 e. The summed E-state index contributed by atoms with van der Waals surface area (Å²) in [5.41, 5.74) is 9.07. The Balaban J connectivity index is 0.00000312. The molecule has 1 atom stereocenters. The second-order valence-corrected chi connectivity index (χ2v) is 7.71. The summed E-state index contributed by atoms with van der Waals surface area (Å²) in [6.45, 7) is 9.83. The normalized spacial score (nSPS) is 16.6. The van der Waals surface area contributed by atoms with Gasteiger partial charge in [0, 0.05) is 30.4 Å². The Morgan fingerprint density at radius 1 is 1.28 bits per heavy atom. The number of hydrogen-bond acceptors (Lipinski definition) is 3. The van der Waals surface area contributed by atoms with Crippen LogP contribution in [0.1, 0.15) is 62.9 Å². The average Bonchev–Trinajstić information content (AvgIpc) is 2.80. The zero-order valence-corrected chi connectivity index (χ0v) is 17.0. The van der Waals surface area contributed by atoms with Gasteiger partial charge < -0.3 is 11.1 Å². The number of carbonyl (C=O) groups is 1. The van der Waals surface area contributed by atoms with Crippen molar-refractivity contribution in [3.8, 4) is 0 Å². The molecule has 1 aliphatic carbocycles. The van der Waals surface area contributed by atoms with Crippen LogP contribution in [-0.4, -0.2) is 28.3 Å². The monoisotopic (exact) mass is 370 g/mol. The van der Waals surface area contributed by atoms with Crippen LogP contribution < -0.4 is 11.1 Å². The molecule has 1 amide bonds. The molecule has 1 aromatic heterocycles. The van der Waals surface area contributed by atoms with Gasteiger partial charge in [-0.1, -0.05) is 33.1 Å². The first-order valence-corrected chi connectivity index (χ1v) is 9.44. The number of rotatable bonds is 7. The van der Waals surface area contributed by atoms with E-state index in [1.165, 1.54) is 32.1 Å². The SMILES string of the molecule is Cc1nn(CC(C)C)c(C)c1CC(=O)NC(CN)C1CCCCC1.Cl. The number of halogens is 1. The number of nitrogens with one attached hydrogen (secondary N) is 1. The van der Waals surface area contributed by atoms with E-state index in [1.54, 1.807) is 0 Å². The molecule has 0 bridgehead atoms. The van der Waals surface area contributed by atoms with Crippen molar-refractivity contribution in [1.29, 1.82) is 0 Å². The first-order valence-electron chi connectivity index (χ1n) is 9.44. The van der Waals surface area contributed by atoms with Crippen LogP contribution in [0, 0.1) is 25.7 Å². The zero-order chi connectivity index (χ0) is 17.7. The van der Waals surface area contributed by atoms with Gasteiger partial charge >= 0.3 is 0 Å². The lowest BCUT2D eigenvalue weighted by Crippen LogP contribution is -2.46. The zero-order valence-electron chi connectivity index (χ0n) is 16.2. The summed E-state index contributed by atoms with van der Waals surface area (Å²) >= 11 is 0. The fourth-order valence-electron chi connectivity index (χ4n) is 3.84. The lowest BCUT2D eigenvalue weighted by Gasteiger charge is -2.30. The second kappa shape index (κ2) is 10.2. The third-order valence-corrected chi connectivity index (χ3v) is 5.23. The Kier molecular flexibility index (Phi) is 8.94. The van der Waals surface area contributed by atoms with Crippen molar-refractivity contribution in [3.05, 3.63) is 17.0 Å². The first-order chi connectivity index (χ1) is 11.4. The van der Waals surface area contributed by atoms with Crippen LogP contribution in [0.15, 0.2) is 0 Å². The van der Waals surface area contributed by atoms with Crippen molar-refractivity contribution >= 4 is 18.3 Å². The number of hydrogen-bond donors (Lipinski definition) is 2. The van der Waals surface area contributed by atoms with Crippen LogP contribution in [0.2, 0.25) is 0 Å². The highest BCUT2D eigenvalue weighted by Gasteiger charge is 2.25. The molecule has 2 rings (SSSR count). The van der Waals surface area contributed by atoms with Crippen molar-refractivity contribution < 1.29 is 4.79 Å². The lowest BCUT2D eigenvalue weighted by atomic mass is 9.84. The molecule has 1 aliphatic rings. The molecule has 25 heavy (non-hydrogen) atoms. The van der Waals surface area contributed by atoms with Crippen LogP contribution in [0.3, 0.4) is 0 Å². The minimum absolute atomic E-state index is 0. The predicted molar refractivity (Wildman–Crippen MR) is 105 cm³/mol. The molecule has 0 saturated heterocycles. The van der Waals surface area contributed by atoms with Crippen LogP contribution in [0.4, 0.5) is 0 Å². The van der Waals surface area contributed by atoms with E-state index in [4.69, 9.17) is 5.73 Å². The third kappa shape index (κ3) is 6.00. The third-order valence-electron chi connectivity index (χ3n) is 5.23. The van der Waals surface area contributed by atoms with Crippen LogP contribution in [0.5, 0.6) is 0 Å². The summed E-state index contributed by atoms with van der Waals surface area (Å²) in [5.74, 6) is 1.16. The molecule has 144 valence electrons. The van der Waals surface area contributed by atoms with Gasteiger partial charge in [0.15, 0.2) is 0 Å². The highest BCUT2D eigenvalue weighted by atomic mass is 35.5. The van der Waals surface area contributed by atoms with Gasteiger partial charge in [0.2, 0.25) is 5.91 Å². The van der Waals surface area contributed by atoms with Crippen molar-refractivity contribution in [2.75, 3.05) is 6.54 Å². The molecule has 6 heteroatoms. The number of aryl methyl sites for hydroxylation is 1. The van der Waals surface area contributed by atoms with E-state index in [9.17, 15) is 4.79 Å². The molecular formula is C19H35ClN4O. The van der Waals surface area contributed by atoms with Gasteiger partial charge in [-0.3, -0.25) is 9.48 Å². The fourth-order valence-corrected chi connectivity index (χ4v) is 3.84. The maximum absolute atomic E-state index is 12.6. The summed E-state index contributed by atoms with van der Waals surface area (Å²) in [6.07, 6.45) is 6.61. The topological polar surface area (TPSA) is 72.9 Å². The van der Waals surface area contributed by atoms with Gasteiger partial charge in [-0.25, -0.2) is 0 Å². The van der Waals surface area contributed by atoms with Crippen molar-refractivity contribution in [2.24, 2.45) is 17.6 Å². The van der Waals surface area contributed by atoms with Crippen LogP contribution >= 0.6 is 12.4 Å². The Morgan fingerprint density at radius 3 is 2.48 bits per heavy atom. The summed E-state index contributed by atoms with van der Waals surface area (Å²) in [6, 6.07) is 0.115. The molecule has 1 fully saturated rings. The van der Waals surface area contributed by atoms with E-state index in [-0.39, 0.29) is 24.4 Å². The molecule has 1 unspecified atom stereocenters. The van der Waals surface area contributed by atoms with Gasteiger partial charge in [0.05, 0.1) is 12.1 Å². The average molecular weight is 371 g/mol. The molecule has 5 nitrogen and oxygen atoms in total. The molecule has 1 saturated carbocycles. The summed E-state index contributed by atoms with van der Waals surface area (Å²) in [5, 5.41) is 7.79. The minimum atomic E-state index is 0. The smallest absolute Gasteiger partial charge is 0.224 e. The second-order valence-electron chi connectivity index (χ2n) is 7.71. The van der Waals surface area contributed by atoms with Crippen LogP contribution in [-0.2, 0) is 17.8 Å². The Bertz CT molecular complexity index is 550. The Morgan fingerprint density at radius 2 is 1.92 bits per heavy atom. The van der Waals surface area contributed by atoms with E-state index < -0.39 is 0 Å². The van der Waals surface area contributed by atoms with Crippen molar-refractivity contribution in [1.82, 2.24) is 15.1 Å². The number of carbonyl (C=O) groups excluding carboxylic acids is 1. The van der Waals surface area contributed by atoms with E-state index in [0.29, 0.717) is 24.8 Å². The molecular weight excluding hydrogens is 336 g/mol. The van der Waals surface area contributed by atoms with Gasteiger partial charge in [-0.15, -0.1) is 12.4 Å². The molecule has 0 aromatic carbocycles. The Labute approximate surface area is 158 Å². The maximum atomic E-state index is 12.6. The number of amides is 1. The lowest BCUT2D eigenvalue weighted by molar-refractivity contribution is -0.121. The molecule has 1 heterocycles. The van der Waals surface area contributed by atoms with Gasteiger partial charge in [0.25, 0.3) is 0 Å². The quantitative estimate of drug-likeness (QED) is 0.774. The van der Waals surface area contributed by atoms with E-state index in [0.717, 1.165) is 23.5 Å². The molecule has 0 spiro atoms. The largest absolute Gasteiger partial charge is 0.352 e. The van der Waals surface area contributed by atoms with Crippen molar-refractivity contribution in [2.45, 2.75) is 78.8 Å². The summed E-state index contributed by atoms with van der Waals surface area (Å²) in [7, 11) is 0. The number of aromatic nitrogens is 2. The highest BCUT2D eigenvalue weighted by Crippen LogP contribution is 2.26. The Hall–Kier alpha value is -1.07. The summed E-state index contributed by atoms with van der Waals surface area (Å²) in [4.78, 5) is 12.6. The van der Waals surface area contributed by atoms with Crippen molar-refractivity contribution in [3.63, 3.8) is 0 Å². The molecule has 3 N–H and O–H groups in total. The molecule has 0 radical (unpaired) electrons. The maximum Gasteiger partial charge on any atom is 0.224 e. The van der Waals surface area contributed by atoms with Gasteiger partial charge in [-0.2, -0.15) is 5.10 Å².